The SMILES string of the molecule is C=CCCCC(=O)[C]1[CH][CH][CH][CH]1. The van der Waals surface area contributed by atoms with Gasteiger partial charge in [0.15, 0.2) is 0 Å². The summed E-state index contributed by atoms with van der Waals surface area (Å²) in [4.78, 5) is 11.3. The molecule has 1 rings (SSSR count). The molecule has 1 heteroatoms. The van der Waals surface area contributed by atoms with Crippen LogP contribution in [0.3, 0.4) is 0 Å². The molecule has 12 heavy (non-hydrogen) atoms. The first-order valence-corrected chi connectivity index (χ1v) is 4.20. The summed E-state index contributed by atoms with van der Waals surface area (Å²) in [6.07, 6.45) is 11.8. The number of Topliss-reactive ketones (excluding diaryl/α,β-unsaturated/α-hetero) is 1. The normalized spacial score (nSPS) is 18.0. The van der Waals surface area contributed by atoms with Crippen molar-refractivity contribution in [2.75, 3.05) is 0 Å². The monoisotopic (exact) mass is 161 g/mol. The molecule has 0 bridgehead atoms. The number of ketones is 1. The van der Waals surface area contributed by atoms with E-state index in [0.717, 1.165) is 18.8 Å². The van der Waals surface area contributed by atoms with Crippen LogP contribution < -0.4 is 0 Å². The van der Waals surface area contributed by atoms with Gasteiger partial charge < -0.3 is 0 Å². The highest BCUT2D eigenvalue weighted by atomic mass is 16.1. The van der Waals surface area contributed by atoms with Crippen LogP contribution in [0.25, 0.3) is 0 Å². The van der Waals surface area contributed by atoms with E-state index in [9.17, 15) is 4.79 Å². The maximum absolute atomic E-state index is 11.3. The van der Waals surface area contributed by atoms with E-state index in [4.69, 9.17) is 0 Å². The molecule has 0 N–H and O–H groups in total. The Labute approximate surface area is 74.9 Å². The van der Waals surface area contributed by atoms with Gasteiger partial charge >= 0.3 is 0 Å². The van der Waals surface area contributed by atoms with E-state index < -0.39 is 0 Å². The maximum Gasteiger partial charge on any atom is 0.140 e. The first-order chi connectivity index (χ1) is 5.84. The minimum Gasteiger partial charge on any atom is -0.299 e. The van der Waals surface area contributed by atoms with Crippen molar-refractivity contribution in [1.29, 1.82) is 0 Å². The fraction of sp³-hybridized carbons (Fsp3) is 0.273. The van der Waals surface area contributed by atoms with Gasteiger partial charge in [-0.15, -0.1) is 6.58 Å². The van der Waals surface area contributed by atoms with Crippen molar-refractivity contribution in [1.82, 2.24) is 0 Å². The van der Waals surface area contributed by atoms with Crippen molar-refractivity contribution in [2.24, 2.45) is 0 Å². The zero-order valence-corrected chi connectivity index (χ0v) is 7.12. The first kappa shape index (κ1) is 9.50. The maximum atomic E-state index is 11.3. The molecule has 0 amide bonds. The molecular formula is C11H13O. The van der Waals surface area contributed by atoms with E-state index >= 15 is 0 Å². The molecule has 0 aromatic carbocycles. The Balaban J connectivity index is 2.14. The van der Waals surface area contributed by atoms with E-state index in [0.29, 0.717) is 6.42 Å². The standard InChI is InChI=1S/C11H13O/c1-2-3-4-9-11(12)10-7-5-6-8-10/h2,5-8H,1,3-4,9H2. The van der Waals surface area contributed by atoms with Crippen LogP contribution in [0, 0.1) is 31.6 Å². The van der Waals surface area contributed by atoms with Gasteiger partial charge in [0.05, 0.1) is 0 Å². The highest BCUT2D eigenvalue weighted by Crippen LogP contribution is 2.25. The number of hydrogen-bond acceptors (Lipinski definition) is 1. The van der Waals surface area contributed by atoms with Crippen molar-refractivity contribution in [3.8, 4) is 0 Å². The molecule has 0 aromatic heterocycles. The molecule has 1 fully saturated rings. The van der Waals surface area contributed by atoms with Crippen molar-refractivity contribution < 1.29 is 4.79 Å². The Hall–Kier alpha value is -0.590. The van der Waals surface area contributed by atoms with E-state index in [2.05, 4.69) is 6.58 Å². The lowest BCUT2D eigenvalue weighted by Gasteiger charge is -2.04. The van der Waals surface area contributed by atoms with Gasteiger partial charge in [0.25, 0.3) is 0 Å². The van der Waals surface area contributed by atoms with Crippen molar-refractivity contribution in [3.63, 3.8) is 0 Å². The molecule has 0 saturated heterocycles. The molecule has 1 nitrogen and oxygen atoms in total. The average molecular weight is 161 g/mol. The van der Waals surface area contributed by atoms with Crippen LogP contribution in [-0.2, 0) is 4.79 Å². The van der Waals surface area contributed by atoms with Crippen molar-refractivity contribution >= 4 is 5.78 Å². The summed E-state index contributed by atoms with van der Waals surface area (Å²) in [5.41, 5.74) is 0. The van der Waals surface area contributed by atoms with Crippen molar-refractivity contribution in [2.45, 2.75) is 19.3 Å². The summed E-state index contributed by atoms with van der Waals surface area (Å²) in [5.74, 6) is 1.07. The number of rotatable bonds is 5. The topological polar surface area (TPSA) is 17.1 Å². The molecule has 63 valence electrons. The van der Waals surface area contributed by atoms with Gasteiger partial charge in [-0.2, -0.15) is 0 Å². The Kier molecular flexibility index (Phi) is 4.06. The zero-order chi connectivity index (χ0) is 8.81. The number of allylic oxidation sites excluding steroid dienone is 1. The van der Waals surface area contributed by atoms with Crippen molar-refractivity contribution in [3.05, 3.63) is 44.3 Å². The molecule has 0 aliphatic heterocycles. The second kappa shape index (κ2) is 5.13. The Morgan fingerprint density at radius 2 is 2.08 bits per heavy atom. The van der Waals surface area contributed by atoms with Gasteiger partial charge in [-0.1, -0.05) is 6.08 Å². The predicted octanol–water partition coefficient (Wildman–Crippen LogP) is 2.32. The van der Waals surface area contributed by atoms with Gasteiger partial charge in [-0.3, -0.25) is 4.79 Å². The smallest absolute Gasteiger partial charge is 0.140 e. The summed E-state index contributed by atoms with van der Waals surface area (Å²) < 4.78 is 0. The summed E-state index contributed by atoms with van der Waals surface area (Å²) in [6, 6.07) is 0. The molecule has 1 aliphatic rings. The first-order valence-electron chi connectivity index (χ1n) is 4.20. The molecule has 0 aromatic rings. The van der Waals surface area contributed by atoms with Gasteiger partial charge in [0, 0.05) is 12.3 Å². The molecule has 1 aliphatic carbocycles. The number of hydrogen-bond donors (Lipinski definition) is 0. The van der Waals surface area contributed by atoms with Crippen LogP contribution >= 0.6 is 0 Å². The Morgan fingerprint density at radius 3 is 2.67 bits per heavy atom. The lowest BCUT2D eigenvalue weighted by molar-refractivity contribution is -0.116. The van der Waals surface area contributed by atoms with Gasteiger partial charge in [-0.25, -0.2) is 0 Å². The number of unbranched alkanes of at least 4 members (excludes halogenated alkanes) is 1. The number of carbonyl (C=O) groups excluding carboxylic acids is 1. The minimum atomic E-state index is 0.238. The van der Waals surface area contributed by atoms with Gasteiger partial charge in [0.1, 0.15) is 5.78 Å². The Bertz CT molecular complexity index is 154. The Morgan fingerprint density at radius 1 is 1.42 bits per heavy atom. The highest BCUT2D eigenvalue weighted by Gasteiger charge is 2.23. The zero-order valence-electron chi connectivity index (χ0n) is 7.12. The van der Waals surface area contributed by atoms with E-state index in [1.807, 2.05) is 31.8 Å². The molecule has 0 heterocycles. The van der Waals surface area contributed by atoms with Crippen LogP contribution in [-0.4, -0.2) is 5.78 Å². The van der Waals surface area contributed by atoms with Crippen LogP contribution in [0.5, 0.6) is 0 Å². The second-order valence-electron chi connectivity index (χ2n) is 2.78. The molecular weight excluding hydrogens is 148 g/mol. The molecule has 1 saturated carbocycles. The summed E-state index contributed by atoms with van der Waals surface area (Å²) >= 11 is 0. The highest BCUT2D eigenvalue weighted by molar-refractivity contribution is 5.97. The van der Waals surface area contributed by atoms with Crippen LogP contribution in [0.2, 0.25) is 0 Å². The minimum absolute atomic E-state index is 0.238. The lowest BCUT2D eigenvalue weighted by Crippen LogP contribution is -2.08. The molecule has 0 spiro atoms. The second-order valence-corrected chi connectivity index (χ2v) is 2.78. The summed E-state index contributed by atoms with van der Waals surface area (Å²) in [5, 5.41) is 0. The van der Waals surface area contributed by atoms with Crippen LogP contribution in [0.15, 0.2) is 12.7 Å². The van der Waals surface area contributed by atoms with E-state index in [-0.39, 0.29) is 5.78 Å². The lowest BCUT2D eigenvalue weighted by atomic mass is 9.98. The van der Waals surface area contributed by atoms with Crippen LogP contribution in [0.1, 0.15) is 19.3 Å². The third kappa shape index (κ3) is 2.80. The molecule has 5 radical (unpaired) electrons. The quantitative estimate of drug-likeness (QED) is 0.446. The predicted molar refractivity (Wildman–Crippen MR) is 49.5 cm³/mol. The fourth-order valence-electron chi connectivity index (χ4n) is 1.11. The number of carbonyl (C=O) groups is 1. The average Bonchev–Trinajstić information content (AvgIpc) is 2.56. The molecule has 0 unspecified atom stereocenters. The summed E-state index contributed by atoms with van der Waals surface area (Å²) in [7, 11) is 0. The fourth-order valence-corrected chi connectivity index (χ4v) is 1.11. The van der Waals surface area contributed by atoms with E-state index in [1.54, 1.807) is 0 Å². The summed E-state index contributed by atoms with van der Waals surface area (Å²) in [6.45, 7) is 3.61. The molecule has 0 atom stereocenters. The van der Waals surface area contributed by atoms with Gasteiger partial charge in [0.2, 0.25) is 0 Å². The van der Waals surface area contributed by atoms with Crippen LogP contribution in [0.4, 0.5) is 0 Å². The van der Waals surface area contributed by atoms with E-state index in [1.165, 1.54) is 0 Å². The largest absolute Gasteiger partial charge is 0.299 e. The third-order valence-corrected chi connectivity index (χ3v) is 1.80. The third-order valence-electron chi connectivity index (χ3n) is 1.80. The van der Waals surface area contributed by atoms with Gasteiger partial charge in [-0.05, 0) is 38.5 Å².